The van der Waals surface area contributed by atoms with Crippen LogP contribution >= 0.6 is 0 Å². The third kappa shape index (κ3) is 8.31. The van der Waals surface area contributed by atoms with Gasteiger partial charge in [-0.05, 0) is 135 Å². The van der Waals surface area contributed by atoms with Crippen molar-refractivity contribution in [3.63, 3.8) is 0 Å². The molecule has 6 nitrogen and oxygen atoms in total. The molecule has 3 aliphatic carbocycles. The second-order valence-electron chi connectivity index (χ2n) is 30.1. The maximum atomic E-state index is 5.47. The summed E-state index contributed by atoms with van der Waals surface area (Å²) in [5.74, 6) is 1.68. The molecule has 438 valence electrons. The normalized spacial score (nSPS) is 18.8. The molecule has 6 aromatic carbocycles. The molecule has 0 saturated heterocycles. The average Bonchev–Trinajstić information content (AvgIpc) is 1.57. The van der Waals surface area contributed by atoms with E-state index in [1.165, 1.54) is 33.4 Å². The first kappa shape index (κ1) is 57.8. The smallest absolute Gasteiger partial charge is 0.164 e. The highest BCUT2D eigenvalue weighted by Gasteiger charge is 2.59. The maximum Gasteiger partial charge on any atom is 0.164 e. The molecular weight excluding hydrogens is 1060 g/mol. The van der Waals surface area contributed by atoms with E-state index in [4.69, 9.17) is 29.9 Å². The minimum absolute atomic E-state index is 0.0144. The molecule has 4 aromatic heterocycles. The minimum Gasteiger partial charge on any atom is -0.256 e. The first-order valence-corrected chi connectivity index (χ1v) is 31.3. The Bertz CT molecular complexity index is 3930. The van der Waals surface area contributed by atoms with Crippen LogP contribution in [-0.4, -0.2) is 29.9 Å². The van der Waals surface area contributed by atoms with Gasteiger partial charge in [-0.25, -0.2) is 15.0 Å². The molecule has 0 fully saturated rings. The van der Waals surface area contributed by atoms with Crippen molar-refractivity contribution in [1.29, 1.82) is 0 Å². The van der Waals surface area contributed by atoms with Gasteiger partial charge in [0, 0.05) is 68.7 Å². The maximum absolute atomic E-state index is 5.47. The quantitative estimate of drug-likeness (QED) is 0.143. The molecular formula is C81H84N6. The van der Waals surface area contributed by atoms with Gasteiger partial charge >= 0.3 is 0 Å². The molecule has 10 aromatic rings. The molecule has 4 heterocycles. The Morgan fingerprint density at radius 1 is 0.218 bits per heavy atom. The second kappa shape index (κ2) is 19.4. The first-order chi connectivity index (χ1) is 40.9. The Hall–Kier alpha value is -8.22. The Morgan fingerprint density at radius 2 is 0.437 bits per heavy atom. The first-order valence-electron chi connectivity index (χ1n) is 31.3. The summed E-state index contributed by atoms with van der Waals surface area (Å²) in [6.45, 7) is 43.1. The number of rotatable bonds is 9. The highest BCUT2D eigenvalue weighted by Crippen LogP contribution is 2.64. The van der Waals surface area contributed by atoms with Crippen LogP contribution in [0.3, 0.4) is 0 Å². The molecule has 0 atom stereocenters. The van der Waals surface area contributed by atoms with Crippen molar-refractivity contribution in [3.8, 4) is 101 Å². The Labute approximate surface area is 517 Å². The monoisotopic (exact) mass is 1140 g/mol. The molecule has 87 heavy (non-hydrogen) atoms. The highest BCUT2D eigenvalue weighted by atomic mass is 15.0. The van der Waals surface area contributed by atoms with Gasteiger partial charge in [-0.1, -0.05) is 252 Å². The van der Waals surface area contributed by atoms with Crippen LogP contribution in [0.15, 0.2) is 182 Å². The zero-order valence-corrected chi connectivity index (χ0v) is 54.5. The van der Waals surface area contributed by atoms with Crippen LogP contribution in [0.2, 0.25) is 0 Å². The van der Waals surface area contributed by atoms with Crippen molar-refractivity contribution in [2.75, 3.05) is 0 Å². The lowest BCUT2D eigenvalue weighted by Gasteiger charge is -2.44. The van der Waals surface area contributed by atoms with Crippen LogP contribution in [0.4, 0.5) is 0 Å². The molecule has 0 N–H and O–H groups in total. The van der Waals surface area contributed by atoms with Gasteiger partial charge in [0.1, 0.15) is 0 Å². The van der Waals surface area contributed by atoms with Gasteiger partial charge in [0.05, 0.1) is 17.1 Å². The molecule has 0 spiro atoms. The van der Waals surface area contributed by atoms with Crippen molar-refractivity contribution in [1.82, 2.24) is 29.9 Å². The number of fused-ring (bicyclic) bond motifs is 3. The van der Waals surface area contributed by atoms with E-state index in [1.54, 1.807) is 0 Å². The second-order valence-corrected chi connectivity index (χ2v) is 30.1. The van der Waals surface area contributed by atoms with Crippen molar-refractivity contribution in [3.05, 3.63) is 216 Å². The van der Waals surface area contributed by atoms with Crippen LogP contribution in [-0.2, 0) is 32.5 Å². The molecule has 0 bridgehead atoms. The lowest BCUT2D eigenvalue weighted by molar-refractivity contribution is 0.125. The van der Waals surface area contributed by atoms with Crippen molar-refractivity contribution < 1.29 is 0 Å². The van der Waals surface area contributed by atoms with Crippen molar-refractivity contribution in [2.45, 2.75) is 157 Å². The van der Waals surface area contributed by atoms with E-state index in [0.717, 1.165) is 83.8 Å². The number of benzene rings is 6. The minimum atomic E-state index is -0.0144. The molecule has 13 rings (SSSR count). The van der Waals surface area contributed by atoms with E-state index in [1.807, 2.05) is 18.6 Å². The predicted octanol–water partition coefficient (Wildman–Crippen LogP) is 20.8. The fraction of sp³-hybridized carbons (Fsp3) is 0.333. The summed E-state index contributed by atoms with van der Waals surface area (Å²) in [5.41, 5.74) is 23.4. The summed E-state index contributed by atoms with van der Waals surface area (Å²) in [4.78, 5) is 31.9. The van der Waals surface area contributed by atoms with Gasteiger partial charge in [0.25, 0.3) is 0 Å². The highest BCUT2D eigenvalue weighted by molar-refractivity contribution is 5.87. The predicted molar refractivity (Wildman–Crippen MR) is 362 cm³/mol. The van der Waals surface area contributed by atoms with Gasteiger partial charge in [-0.15, -0.1) is 0 Å². The zero-order valence-electron chi connectivity index (χ0n) is 54.5. The van der Waals surface area contributed by atoms with E-state index < -0.39 is 0 Å². The van der Waals surface area contributed by atoms with Crippen LogP contribution in [0, 0.1) is 16.2 Å². The van der Waals surface area contributed by atoms with E-state index in [2.05, 4.69) is 288 Å². The van der Waals surface area contributed by atoms with Gasteiger partial charge in [-0.3, -0.25) is 15.0 Å². The largest absolute Gasteiger partial charge is 0.256 e. The fourth-order valence-electron chi connectivity index (χ4n) is 15.4. The summed E-state index contributed by atoms with van der Waals surface area (Å²) in [6.07, 6.45) is 5.99. The van der Waals surface area contributed by atoms with E-state index >= 15 is 0 Å². The SMILES string of the molecule is CC1(C)c2ccc(-c3ccc(-c4ccccc4-c4nc(-c5ccccc5-c5ccc(-c6ccc7c(c6)C(C)(C)C(C)(C)C7(C)C)nc5)nc(-c5ccccc5-c5ccc(-c6ccc7c(c6)C(C)(C)C(C)(C)C7(C)C)nc5)n4)cn3)cc2C(C)(C)C1(C)C. The summed E-state index contributed by atoms with van der Waals surface area (Å²) in [5, 5.41) is 0. The third-order valence-electron chi connectivity index (χ3n) is 24.7. The summed E-state index contributed by atoms with van der Waals surface area (Å²) < 4.78 is 0. The van der Waals surface area contributed by atoms with Crippen LogP contribution in [0.25, 0.3) is 101 Å². The summed E-state index contributed by atoms with van der Waals surface area (Å²) >= 11 is 0. The standard InChI is InChI=1S/C81H84N6/c1-73(2)61-37-31-49(43-64(61)76(7,8)79(73,13)14)67-40-34-52(46-82-67)55-25-19-22-28-58(55)70-85-71(59-29-23-20-26-56(59)53-35-41-68(83-47-53)50-32-38-62-65(44-50)77(9,10)80(15,16)74(62,3)4)87-72(86-70)60-30-24-21-27-57(60)54-36-42-69(84-48-54)51-33-39-63-66(45-51)78(11,12)81(17,18)75(63,5)6/h19-48H,1-18H3. The van der Waals surface area contributed by atoms with Crippen molar-refractivity contribution >= 4 is 0 Å². The molecule has 6 heteroatoms. The molecule has 3 aliphatic rings. The fourth-order valence-corrected chi connectivity index (χ4v) is 15.4. The number of hydrogen-bond donors (Lipinski definition) is 0. The number of nitrogens with zero attached hydrogens (tertiary/aromatic N) is 6. The molecule has 0 unspecified atom stereocenters. The zero-order chi connectivity index (χ0) is 61.8. The van der Waals surface area contributed by atoms with Gasteiger partial charge < -0.3 is 0 Å². The van der Waals surface area contributed by atoms with E-state index in [9.17, 15) is 0 Å². The topological polar surface area (TPSA) is 77.3 Å². The lowest BCUT2D eigenvalue weighted by atomic mass is 9.59. The van der Waals surface area contributed by atoms with Crippen LogP contribution in [0.5, 0.6) is 0 Å². The number of aromatic nitrogens is 6. The van der Waals surface area contributed by atoms with E-state index in [-0.39, 0.29) is 48.7 Å². The Balaban J connectivity index is 0.905. The Morgan fingerprint density at radius 3 is 0.667 bits per heavy atom. The van der Waals surface area contributed by atoms with Gasteiger partial charge in [0.15, 0.2) is 17.5 Å². The Kier molecular flexibility index (Phi) is 12.9. The lowest BCUT2D eigenvalue weighted by Crippen LogP contribution is -2.42. The number of pyridine rings is 3. The summed E-state index contributed by atoms with van der Waals surface area (Å²) in [7, 11) is 0. The van der Waals surface area contributed by atoms with Gasteiger partial charge in [0.2, 0.25) is 0 Å². The third-order valence-corrected chi connectivity index (χ3v) is 24.7. The van der Waals surface area contributed by atoms with Crippen LogP contribution < -0.4 is 0 Å². The molecule has 0 saturated carbocycles. The summed E-state index contributed by atoms with van der Waals surface area (Å²) in [6, 6.07) is 59.1. The van der Waals surface area contributed by atoms with Crippen molar-refractivity contribution in [2.24, 2.45) is 16.2 Å². The van der Waals surface area contributed by atoms with Gasteiger partial charge in [-0.2, -0.15) is 0 Å². The number of hydrogen-bond acceptors (Lipinski definition) is 6. The molecule has 0 amide bonds. The van der Waals surface area contributed by atoms with E-state index in [0.29, 0.717) is 17.5 Å². The molecule has 0 aliphatic heterocycles. The van der Waals surface area contributed by atoms with Crippen LogP contribution in [0.1, 0.15) is 158 Å². The molecule has 0 radical (unpaired) electrons. The average molecular weight is 1140 g/mol.